The third-order valence-electron chi connectivity index (χ3n) is 7.77. The summed E-state index contributed by atoms with van der Waals surface area (Å²) < 4.78 is 18.0. The van der Waals surface area contributed by atoms with Crippen molar-refractivity contribution >= 4 is 18.7 Å². The molecule has 2 aliphatic heterocycles. The molecule has 2 unspecified atom stereocenters. The molecule has 2 atom stereocenters. The lowest BCUT2D eigenvalue weighted by molar-refractivity contribution is 0.00578. The van der Waals surface area contributed by atoms with Crippen LogP contribution in [0.3, 0.4) is 0 Å². The van der Waals surface area contributed by atoms with Crippen LogP contribution in [0, 0.1) is 5.92 Å². The van der Waals surface area contributed by atoms with Crippen molar-refractivity contribution in [2.24, 2.45) is 5.92 Å². The van der Waals surface area contributed by atoms with Gasteiger partial charge in [0, 0.05) is 11.6 Å². The molecule has 0 bridgehead atoms. The number of rotatable bonds is 5. The number of carbonyl (C=O) groups is 1. The summed E-state index contributed by atoms with van der Waals surface area (Å²) in [6.45, 7) is 8.46. The smallest absolute Gasteiger partial charge is 0.444 e. The monoisotopic (exact) mass is 483 g/mol. The Morgan fingerprint density at radius 1 is 1.08 bits per heavy atom. The average molecular weight is 483 g/mol. The van der Waals surface area contributed by atoms with E-state index in [0.717, 1.165) is 40.2 Å². The first-order valence-corrected chi connectivity index (χ1v) is 12.4. The second-order valence-corrected chi connectivity index (χ2v) is 10.8. The quantitative estimate of drug-likeness (QED) is 0.519. The zero-order valence-corrected chi connectivity index (χ0v) is 21.0. The number of aromatic nitrogens is 2. The summed E-state index contributed by atoms with van der Waals surface area (Å²) in [4.78, 5) is 22.8. The van der Waals surface area contributed by atoms with Crippen LogP contribution in [0.15, 0.2) is 72.6 Å². The van der Waals surface area contributed by atoms with Crippen LogP contribution >= 0.6 is 0 Å². The molecule has 0 radical (unpaired) electrons. The maximum atomic E-state index is 13.0. The highest BCUT2D eigenvalue weighted by molar-refractivity contribution is 6.62. The molecule has 2 fully saturated rings. The maximum absolute atomic E-state index is 13.0. The Labute approximate surface area is 211 Å². The molecular formula is C28H30BN3O4. The van der Waals surface area contributed by atoms with E-state index in [4.69, 9.17) is 14.0 Å². The number of H-pyrrole nitrogens is 1. The summed E-state index contributed by atoms with van der Waals surface area (Å²) in [6, 6.07) is 17.7. The Hall–Kier alpha value is -3.36. The van der Waals surface area contributed by atoms with Gasteiger partial charge in [-0.3, -0.25) is 4.90 Å². The van der Waals surface area contributed by atoms with Crippen LogP contribution in [-0.2, 0) is 20.7 Å². The van der Waals surface area contributed by atoms with Crippen molar-refractivity contribution in [1.82, 2.24) is 14.9 Å². The van der Waals surface area contributed by atoms with Crippen molar-refractivity contribution in [2.75, 3.05) is 0 Å². The van der Waals surface area contributed by atoms with Crippen LogP contribution < -0.4 is 5.46 Å². The molecule has 0 saturated carbocycles. The Kier molecular flexibility index (Phi) is 5.35. The van der Waals surface area contributed by atoms with Crippen molar-refractivity contribution < 1.29 is 18.8 Å². The molecule has 7 nitrogen and oxygen atoms in total. The number of likely N-dealkylation sites (tertiary alicyclic amines) is 1. The topological polar surface area (TPSA) is 76.7 Å². The number of fused-ring (bicyclic) bond motifs is 1. The molecule has 1 aliphatic carbocycles. The van der Waals surface area contributed by atoms with Crippen LogP contribution in [0.2, 0.25) is 0 Å². The van der Waals surface area contributed by atoms with E-state index in [0.29, 0.717) is 5.92 Å². The van der Waals surface area contributed by atoms with Gasteiger partial charge in [0.05, 0.1) is 29.1 Å². The van der Waals surface area contributed by atoms with Crippen LogP contribution in [0.4, 0.5) is 4.79 Å². The molecule has 3 aliphatic rings. The Morgan fingerprint density at radius 2 is 1.78 bits per heavy atom. The summed E-state index contributed by atoms with van der Waals surface area (Å²) in [5.41, 5.74) is 4.13. The molecule has 3 aromatic rings. The fourth-order valence-corrected chi connectivity index (χ4v) is 4.84. The molecular weight excluding hydrogens is 453 g/mol. The number of aromatic amines is 1. The number of benzene rings is 2. The van der Waals surface area contributed by atoms with E-state index < -0.39 is 7.12 Å². The normalized spacial score (nSPS) is 23.4. The zero-order valence-electron chi connectivity index (χ0n) is 21.0. The molecule has 36 heavy (non-hydrogen) atoms. The van der Waals surface area contributed by atoms with Crippen molar-refractivity contribution in [3.8, 4) is 11.3 Å². The third kappa shape index (κ3) is 4.04. The number of hydrogen-bond donors (Lipinski definition) is 1. The van der Waals surface area contributed by atoms with Gasteiger partial charge in [-0.2, -0.15) is 0 Å². The number of nitrogens with zero attached hydrogens (tertiary/aromatic N) is 2. The lowest BCUT2D eigenvalue weighted by Gasteiger charge is -2.32. The van der Waals surface area contributed by atoms with E-state index in [2.05, 4.69) is 43.7 Å². The number of amides is 1. The lowest BCUT2D eigenvalue weighted by Crippen LogP contribution is -2.41. The van der Waals surface area contributed by atoms with E-state index in [1.807, 2.05) is 60.8 Å². The number of carbonyl (C=O) groups excluding carboxylic acids is 1. The van der Waals surface area contributed by atoms with Crippen molar-refractivity contribution in [3.63, 3.8) is 0 Å². The molecule has 184 valence electrons. The highest BCUT2D eigenvalue weighted by Gasteiger charge is 2.52. The second-order valence-electron chi connectivity index (χ2n) is 10.8. The van der Waals surface area contributed by atoms with Gasteiger partial charge in [-0.1, -0.05) is 60.7 Å². The fraction of sp³-hybridized carbons (Fsp3) is 0.357. The van der Waals surface area contributed by atoms with Gasteiger partial charge in [0.1, 0.15) is 12.4 Å². The largest absolute Gasteiger partial charge is 0.494 e. The van der Waals surface area contributed by atoms with Crippen LogP contribution in [0.1, 0.15) is 51.5 Å². The highest BCUT2D eigenvalue weighted by Crippen LogP contribution is 2.51. The highest BCUT2D eigenvalue weighted by atomic mass is 16.7. The zero-order chi connectivity index (χ0) is 25.1. The van der Waals surface area contributed by atoms with Gasteiger partial charge in [-0.25, -0.2) is 9.78 Å². The van der Waals surface area contributed by atoms with Gasteiger partial charge < -0.3 is 19.0 Å². The number of imidazole rings is 1. The van der Waals surface area contributed by atoms with Crippen molar-refractivity contribution in [2.45, 2.75) is 58.0 Å². The minimum absolute atomic E-state index is 0.156. The Balaban J connectivity index is 1.15. The molecule has 1 N–H and O–H groups in total. The SMILES string of the molecule is CC1(C)OB(c2ccc(-c3cnc(C4CC5C=C5N4C(=O)OCc4ccccc4)[nH]3)cc2)OC1(C)C. The van der Waals surface area contributed by atoms with Crippen LogP contribution in [-0.4, -0.2) is 39.3 Å². The molecule has 3 heterocycles. The van der Waals surface area contributed by atoms with Crippen molar-refractivity contribution in [3.05, 3.63) is 84.0 Å². The number of hydrogen-bond acceptors (Lipinski definition) is 5. The molecule has 2 aromatic carbocycles. The number of allylic oxidation sites excluding steroid dienone is 2. The summed E-state index contributed by atoms with van der Waals surface area (Å²) in [5, 5.41) is 0. The molecule has 1 aromatic heterocycles. The fourth-order valence-electron chi connectivity index (χ4n) is 4.84. The minimum Gasteiger partial charge on any atom is -0.444 e. The predicted octanol–water partition coefficient (Wildman–Crippen LogP) is 4.97. The van der Waals surface area contributed by atoms with Crippen LogP contribution in [0.5, 0.6) is 0 Å². The second kappa shape index (κ2) is 8.35. The summed E-state index contributed by atoms with van der Waals surface area (Å²) in [7, 11) is -0.393. The number of ether oxygens (including phenoxy) is 1. The molecule has 6 rings (SSSR count). The maximum Gasteiger partial charge on any atom is 0.494 e. The first-order chi connectivity index (χ1) is 17.2. The van der Waals surface area contributed by atoms with E-state index in [1.54, 1.807) is 4.90 Å². The van der Waals surface area contributed by atoms with Gasteiger partial charge in [0.2, 0.25) is 0 Å². The minimum atomic E-state index is -0.393. The summed E-state index contributed by atoms with van der Waals surface area (Å²) in [5.74, 6) is 1.09. The van der Waals surface area contributed by atoms with Gasteiger partial charge in [-0.05, 0) is 50.7 Å². The van der Waals surface area contributed by atoms with E-state index >= 15 is 0 Å². The van der Waals surface area contributed by atoms with Gasteiger partial charge in [-0.15, -0.1) is 0 Å². The first kappa shape index (κ1) is 23.1. The van der Waals surface area contributed by atoms with Gasteiger partial charge >= 0.3 is 13.2 Å². The first-order valence-electron chi connectivity index (χ1n) is 12.4. The third-order valence-corrected chi connectivity index (χ3v) is 7.77. The Morgan fingerprint density at radius 3 is 2.47 bits per heavy atom. The molecule has 8 heteroatoms. The van der Waals surface area contributed by atoms with E-state index in [1.165, 1.54) is 0 Å². The average Bonchev–Trinajstić information content (AvgIpc) is 3.19. The standard InChI is InChI=1S/C28H30BN3O4/c1-27(2)28(3,4)36-29(35-27)21-12-10-19(11-13-21)22-16-30-25(31-22)24-15-20-14-23(20)32(24)26(33)34-17-18-8-6-5-7-9-18/h5-14,16,20,24H,15,17H2,1-4H3,(H,30,31). The van der Waals surface area contributed by atoms with Gasteiger partial charge in [0.25, 0.3) is 0 Å². The molecule has 2 saturated heterocycles. The Bertz CT molecular complexity index is 1300. The summed E-state index contributed by atoms with van der Waals surface area (Å²) >= 11 is 0. The van der Waals surface area contributed by atoms with Crippen molar-refractivity contribution in [1.29, 1.82) is 0 Å². The van der Waals surface area contributed by atoms with Gasteiger partial charge in [0.15, 0.2) is 0 Å². The summed E-state index contributed by atoms with van der Waals surface area (Å²) in [6.07, 6.45) is 4.42. The predicted molar refractivity (Wildman–Crippen MR) is 137 cm³/mol. The van der Waals surface area contributed by atoms with Crippen LogP contribution in [0.25, 0.3) is 11.3 Å². The number of nitrogens with one attached hydrogen (secondary N) is 1. The lowest BCUT2D eigenvalue weighted by atomic mass is 9.79. The van der Waals surface area contributed by atoms with E-state index in [-0.39, 0.29) is 29.9 Å². The molecule has 1 amide bonds. The van der Waals surface area contributed by atoms with E-state index in [9.17, 15) is 4.79 Å². The molecule has 0 spiro atoms.